The number of ether oxygens (including phenoxy) is 1. The molecule has 0 fully saturated rings. The molecular formula is C22H24N2O3. The van der Waals surface area contributed by atoms with Gasteiger partial charge in [-0.3, -0.25) is 14.2 Å². The highest BCUT2D eigenvalue weighted by Crippen LogP contribution is 2.26. The average molecular weight is 364 g/mol. The third kappa shape index (κ3) is 3.58. The summed E-state index contributed by atoms with van der Waals surface area (Å²) in [7, 11) is 1.56. The number of aromatic nitrogens is 1. The van der Waals surface area contributed by atoms with Crippen LogP contribution in [0.1, 0.15) is 23.6 Å². The minimum atomic E-state index is -0.239. The van der Waals surface area contributed by atoms with Crippen LogP contribution >= 0.6 is 0 Å². The Morgan fingerprint density at radius 3 is 2.56 bits per heavy atom. The van der Waals surface area contributed by atoms with E-state index in [1.165, 1.54) is 4.57 Å². The van der Waals surface area contributed by atoms with Crippen LogP contribution in [0.4, 0.5) is 5.69 Å². The molecule has 1 aromatic heterocycles. The lowest BCUT2D eigenvalue weighted by molar-refractivity contribution is -0.116. The number of hydrogen-bond acceptors (Lipinski definition) is 3. The molecule has 0 aliphatic heterocycles. The second-order valence-electron chi connectivity index (χ2n) is 6.62. The summed E-state index contributed by atoms with van der Waals surface area (Å²) >= 11 is 0. The number of pyridine rings is 1. The Labute approximate surface area is 158 Å². The summed E-state index contributed by atoms with van der Waals surface area (Å²) in [5.74, 6) is 0.336. The van der Waals surface area contributed by atoms with Crippen molar-refractivity contribution in [3.8, 4) is 5.75 Å². The molecule has 2 aromatic carbocycles. The van der Waals surface area contributed by atoms with Crippen LogP contribution in [0.2, 0.25) is 0 Å². The summed E-state index contributed by atoms with van der Waals surface area (Å²) in [4.78, 5) is 25.4. The summed E-state index contributed by atoms with van der Waals surface area (Å²) in [5, 5.41) is 3.88. The number of para-hydroxylation sites is 2. The van der Waals surface area contributed by atoms with E-state index in [0.29, 0.717) is 11.3 Å². The summed E-state index contributed by atoms with van der Waals surface area (Å²) in [6.45, 7) is 5.82. The van der Waals surface area contributed by atoms with Crippen molar-refractivity contribution < 1.29 is 9.53 Å². The summed E-state index contributed by atoms with van der Waals surface area (Å²) in [6, 6.07) is 13.1. The van der Waals surface area contributed by atoms with E-state index in [1.54, 1.807) is 19.2 Å². The number of nitrogens with one attached hydrogen (secondary N) is 1. The molecule has 1 N–H and O–H groups in total. The highest BCUT2D eigenvalue weighted by molar-refractivity contribution is 5.94. The molecule has 5 heteroatoms. The third-order valence-corrected chi connectivity index (χ3v) is 4.83. The highest BCUT2D eigenvalue weighted by atomic mass is 16.5. The van der Waals surface area contributed by atoms with Crippen molar-refractivity contribution in [1.82, 2.24) is 4.57 Å². The fourth-order valence-corrected chi connectivity index (χ4v) is 3.42. The van der Waals surface area contributed by atoms with E-state index in [2.05, 4.69) is 5.32 Å². The van der Waals surface area contributed by atoms with Gasteiger partial charge in [0.2, 0.25) is 5.91 Å². The van der Waals surface area contributed by atoms with Gasteiger partial charge in [0.1, 0.15) is 12.3 Å². The molecule has 0 saturated heterocycles. The van der Waals surface area contributed by atoms with Crippen molar-refractivity contribution in [1.29, 1.82) is 0 Å². The van der Waals surface area contributed by atoms with Crippen molar-refractivity contribution in [2.75, 3.05) is 12.4 Å². The van der Waals surface area contributed by atoms with Crippen LogP contribution in [-0.2, 0) is 17.8 Å². The lowest BCUT2D eigenvalue weighted by Crippen LogP contribution is -2.28. The number of carbonyl (C=O) groups excluding carboxylic acids is 1. The van der Waals surface area contributed by atoms with E-state index >= 15 is 0 Å². The predicted octanol–water partition coefficient (Wildman–Crippen LogP) is 3.83. The van der Waals surface area contributed by atoms with Gasteiger partial charge in [0.25, 0.3) is 5.56 Å². The first kappa shape index (κ1) is 18.7. The Bertz CT molecular complexity index is 1070. The van der Waals surface area contributed by atoms with Crippen molar-refractivity contribution in [2.24, 2.45) is 0 Å². The standard InChI is InChI=1S/C22H24N2O3/c1-5-16-9-6-8-14(2)21(16)23-19(25)13-24-20(26)12-15(3)17-10-7-11-18(27-4)22(17)24/h6-12H,5,13H2,1-4H3,(H,23,25). The molecule has 3 rings (SSSR count). The van der Waals surface area contributed by atoms with Crippen molar-refractivity contribution >= 4 is 22.5 Å². The van der Waals surface area contributed by atoms with Gasteiger partial charge in [0.15, 0.2) is 0 Å². The lowest BCUT2D eigenvalue weighted by Gasteiger charge is -2.16. The van der Waals surface area contributed by atoms with Crippen LogP contribution in [0.5, 0.6) is 5.75 Å². The molecule has 0 aliphatic rings. The first-order valence-electron chi connectivity index (χ1n) is 9.01. The zero-order chi connectivity index (χ0) is 19.6. The molecule has 27 heavy (non-hydrogen) atoms. The monoisotopic (exact) mass is 364 g/mol. The number of amides is 1. The van der Waals surface area contributed by atoms with Crippen LogP contribution in [0.25, 0.3) is 10.9 Å². The number of nitrogens with zero attached hydrogens (tertiary/aromatic N) is 1. The molecule has 1 amide bonds. The topological polar surface area (TPSA) is 60.3 Å². The Morgan fingerprint density at radius 1 is 1.11 bits per heavy atom. The van der Waals surface area contributed by atoms with Gasteiger partial charge in [0.05, 0.1) is 12.6 Å². The van der Waals surface area contributed by atoms with Gasteiger partial charge in [-0.15, -0.1) is 0 Å². The number of carbonyl (C=O) groups is 1. The molecule has 140 valence electrons. The number of hydrogen-bond donors (Lipinski definition) is 1. The molecule has 3 aromatic rings. The second-order valence-corrected chi connectivity index (χ2v) is 6.62. The van der Waals surface area contributed by atoms with E-state index in [4.69, 9.17) is 4.74 Å². The van der Waals surface area contributed by atoms with E-state index in [9.17, 15) is 9.59 Å². The number of benzene rings is 2. The molecule has 0 bridgehead atoms. The molecule has 0 aliphatic carbocycles. The van der Waals surface area contributed by atoms with Crippen LogP contribution in [-0.4, -0.2) is 17.6 Å². The van der Waals surface area contributed by atoms with Crippen LogP contribution in [0.3, 0.4) is 0 Å². The third-order valence-electron chi connectivity index (χ3n) is 4.83. The van der Waals surface area contributed by atoms with Crippen LogP contribution in [0, 0.1) is 13.8 Å². The molecule has 0 atom stereocenters. The number of aryl methyl sites for hydroxylation is 3. The summed E-state index contributed by atoms with van der Waals surface area (Å²) < 4.78 is 6.91. The van der Waals surface area contributed by atoms with E-state index < -0.39 is 0 Å². The quantitative estimate of drug-likeness (QED) is 0.748. The molecule has 0 radical (unpaired) electrons. The van der Waals surface area contributed by atoms with E-state index in [0.717, 1.165) is 34.2 Å². The van der Waals surface area contributed by atoms with Gasteiger partial charge in [-0.1, -0.05) is 37.3 Å². The number of fused-ring (bicyclic) bond motifs is 1. The van der Waals surface area contributed by atoms with Crippen molar-refractivity contribution in [3.05, 3.63) is 69.5 Å². The Balaban J connectivity index is 2.03. The molecule has 5 nitrogen and oxygen atoms in total. The largest absolute Gasteiger partial charge is 0.495 e. The first-order chi connectivity index (χ1) is 13.0. The predicted molar refractivity (Wildman–Crippen MR) is 109 cm³/mol. The Kier molecular flexibility index (Phi) is 5.31. The van der Waals surface area contributed by atoms with Gasteiger partial charge >= 0.3 is 0 Å². The van der Waals surface area contributed by atoms with Gasteiger partial charge in [-0.05, 0) is 43.0 Å². The second kappa shape index (κ2) is 7.66. The minimum Gasteiger partial charge on any atom is -0.495 e. The van der Waals surface area contributed by atoms with Crippen LogP contribution < -0.4 is 15.6 Å². The molecule has 0 spiro atoms. The number of anilines is 1. The maximum absolute atomic E-state index is 12.8. The fourth-order valence-electron chi connectivity index (χ4n) is 3.42. The normalized spacial score (nSPS) is 10.8. The van der Waals surface area contributed by atoms with E-state index in [1.807, 2.05) is 51.1 Å². The fraction of sp³-hybridized carbons (Fsp3) is 0.273. The summed E-state index contributed by atoms with van der Waals surface area (Å²) in [5.41, 5.74) is 4.17. The van der Waals surface area contributed by atoms with Crippen molar-refractivity contribution in [3.63, 3.8) is 0 Å². The van der Waals surface area contributed by atoms with Crippen molar-refractivity contribution in [2.45, 2.75) is 33.7 Å². The van der Waals surface area contributed by atoms with Gasteiger partial charge < -0.3 is 10.1 Å². The minimum absolute atomic E-state index is 0.0759. The zero-order valence-corrected chi connectivity index (χ0v) is 16.1. The Hall–Kier alpha value is -3.08. The summed E-state index contributed by atoms with van der Waals surface area (Å²) in [6.07, 6.45) is 0.818. The SMILES string of the molecule is CCc1cccc(C)c1NC(=O)Cn1c(=O)cc(C)c2cccc(OC)c21. The number of rotatable bonds is 5. The lowest BCUT2D eigenvalue weighted by atomic mass is 10.1. The van der Waals surface area contributed by atoms with Gasteiger partial charge in [0, 0.05) is 17.1 Å². The van der Waals surface area contributed by atoms with Gasteiger partial charge in [-0.2, -0.15) is 0 Å². The molecule has 1 heterocycles. The number of methoxy groups -OCH3 is 1. The average Bonchev–Trinajstić information content (AvgIpc) is 2.66. The molecule has 0 unspecified atom stereocenters. The van der Waals surface area contributed by atoms with E-state index in [-0.39, 0.29) is 18.0 Å². The first-order valence-corrected chi connectivity index (χ1v) is 9.01. The Morgan fingerprint density at radius 2 is 1.85 bits per heavy atom. The molecule has 0 saturated carbocycles. The highest BCUT2D eigenvalue weighted by Gasteiger charge is 2.15. The maximum Gasteiger partial charge on any atom is 0.251 e. The van der Waals surface area contributed by atoms with Gasteiger partial charge in [-0.25, -0.2) is 0 Å². The molecular weight excluding hydrogens is 340 g/mol. The smallest absolute Gasteiger partial charge is 0.251 e. The zero-order valence-electron chi connectivity index (χ0n) is 16.1. The van der Waals surface area contributed by atoms with Crippen LogP contribution in [0.15, 0.2) is 47.3 Å². The maximum atomic E-state index is 12.8.